The van der Waals surface area contributed by atoms with Gasteiger partial charge in [0.1, 0.15) is 0 Å². The Morgan fingerprint density at radius 3 is 2.84 bits per heavy atom. The fourth-order valence-electron chi connectivity index (χ4n) is 3.03. The van der Waals surface area contributed by atoms with Crippen LogP contribution in [0.4, 0.5) is 0 Å². The van der Waals surface area contributed by atoms with E-state index < -0.39 is 0 Å². The highest BCUT2D eigenvalue weighted by molar-refractivity contribution is 7.16. The monoisotopic (exact) mass is 300 g/mol. The van der Waals surface area contributed by atoms with E-state index >= 15 is 0 Å². The zero-order valence-electron chi connectivity index (χ0n) is 12.0. The molecule has 0 amide bonds. The lowest BCUT2D eigenvalue weighted by atomic mass is 9.85. The van der Waals surface area contributed by atoms with Crippen molar-refractivity contribution in [3.05, 3.63) is 21.3 Å². The molecule has 2 unspecified atom stereocenters. The highest BCUT2D eigenvalue weighted by Crippen LogP contribution is 2.27. The number of likely N-dealkylation sites (N-methyl/N-ethyl adjacent to an activating group) is 1. The Balaban J connectivity index is 1.64. The van der Waals surface area contributed by atoms with Gasteiger partial charge in [0.05, 0.1) is 4.34 Å². The molecule has 1 N–H and O–H groups in total. The third kappa shape index (κ3) is 4.75. The first-order valence-electron chi connectivity index (χ1n) is 7.32. The van der Waals surface area contributed by atoms with Gasteiger partial charge in [-0.3, -0.25) is 0 Å². The van der Waals surface area contributed by atoms with E-state index in [1.807, 2.05) is 6.07 Å². The van der Waals surface area contributed by atoms with Crippen LogP contribution in [0, 0.1) is 5.92 Å². The van der Waals surface area contributed by atoms with Crippen LogP contribution in [-0.4, -0.2) is 31.1 Å². The number of hydrogen-bond acceptors (Lipinski definition) is 3. The number of halogens is 1. The Hall–Kier alpha value is -0.0900. The van der Waals surface area contributed by atoms with Gasteiger partial charge in [-0.2, -0.15) is 0 Å². The van der Waals surface area contributed by atoms with Crippen molar-refractivity contribution in [1.29, 1.82) is 0 Å². The Bertz CT molecular complexity index is 380. The van der Waals surface area contributed by atoms with Gasteiger partial charge < -0.3 is 10.2 Å². The van der Waals surface area contributed by atoms with Gasteiger partial charge in [-0.25, -0.2) is 0 Å². The summed E-state index contributed by atoms with van der Waals surface area (Å²) in [6.45, 7) is 5.52. The molecule has 0 aliphatic heterocycles. The molecule has 1 heterocycles. The number of rotatable bonds is 6. The van der Waals surface area contributed by atoms with Crippen molar-refractivity contribution in [2.45, 2.75) is 45.2 Å². The van der Waals surface area contributed by atoms with Crippen LogP contribution in [0.2, 0.25) is 4.34 Å². The third-order valence-electron chi connectivity index (χ3n) is 4.20. The predicted molar refractivity (Wildman–Crippen MR) is 85.1 cm³/mol. The Kier molecular flexibility index (Phi) is 6.14. The van der Waals surface area contributed by atoms with E-state index in [1.54, 1.807) is 11.3 Å². The van der Waals surface area contributed by atoms with Gasteiger partial charge in [0, 0.05) is 30.6 Å². The van der Waals surface area contributed by atoms with Gasteiger partial charge >= 0.3 is 0 Å². The molecule has 0 aromatic carbocycles. The molecule has 1 fully saturated rings. The van der Waals surface area contributed by atoms with Crippen LogP contribution in [0.15, 0.2) is 12.1 Å². The number of thiophene rings is 1. The van der Waals surface area contributed by atoms with Crippen LogP contribution in [-0.2, 0) is 6.54 Å². The van der Waals surface area contributed by atoms with Gasteiger partial charge in [0.25, 0.3) is 0 Å². The summed E-state index contributed by atoms with van der Waals surface area (Å²) in [5, 5.41) is 3.51. The molecule has 0 saturated heterocycles. The lowest BCUT2D eigenvalue weighted by molar-refractivity contribution is 0.140. The SMILES string of the molecule is CC1CCCCC1N(C)CCNCc1ccc(Cl)s1. The lowest BCUT2D eigenvalue weighted by Crippen LogP contribution is -2.42. The molecule has 4 heteroatoms. The zero-order chi connectivity index (χ0) is 13.7. The van der Waals surface area contributed by atoms with Crippen molar-refractivity contribution >= 4 is 22.9 Å². The predicted octanol–water partition coefficient (Wildman–Crippen LogP) is 4.00. The number of hydrogen-bond donors (Lipinski definition) is 1. The Morgan fingerprint density at radius 1 is 1.37 bits per heavy atom. The molecule has 1 aromatic heterocycles. The molecule has 1 saturated carbocycles. The van der Waals surface area contributed by atoms with Gasteiger partial charge in [-0.15, -0.1) is 11.3 Å². The first-order valence-corrected chi connectivity index (χ1v) is 8.51. The van der Waals surface area contributed by atoms with Crippen molar-refractivity contribution in [3.8, 4) is 0 Å². The second-order valence-electron chi connectivity index (χ2n) is 5.69. The summed E-state index contributed by atoms with van der Waals surface area (Å²) in [5.41, 5.74) is 0. The van der Waals surface area contributed by atoms with Crippen LogP contribution in [0.1, 0.15) is 37.5 Å². The molecule has 2 nitrogen and oxygen atoms in total. The molecule has 2 rings (SSSR count). The van der Waals surface area contributed by atoms with Gasteiger partial charge in [-0.1, -0.05) is 31.4 Å². The normalized spacial score (nSPS) is 24.0. The number of nitrogens with zero attached hydrogens (tertiary/aromatic N) is 1. The summed E-state index contributed by atoms with van der Waals surface area (Å²) in [7, 11) is 2.27. The number of nitrogens with one attached hydrogen (secondary N) is 1. The second kappa shape index (κ2) is 7.63. The Morgan fingerprint density at radius 2 is 2.16 bits per heavy atom. The van der Waals surface area contributed by atoms with Crippen LogP contribution in [0.5, 0.6) is 0 Å². The van der Waals surface area contributed by atoms with Crippen molar-refractivity contribution < 1.29 is 0 Å². The van der Waals surface area contributed by atoms with E-state index in [9.17, 15) is 0 Å². The second-order valence-corrected chi connectivity index (χ2v) is 7.49. The van der Waals surface area contributed by atoms with Crippen LogP contribution in [0.25, 0.3) is 0 Å². The molecule has 0 spiro atoms. The largest absolute Gasteiger partial charge is 0.311 e. The highest BCUT2D eigenvalue weighted by atomic mass is 35.5. The smallest absolute Gasteiger partial charge is 0.0931 e. The van der Waals surface area contributed by atoms with E-state index in [-0.39, 0.29) is 0 Å². The Labute approximate surface area is 126 Å². The van der Waals surface area contributed by atoms with Gasteiger partial charge in [0.2, 0.25) is 0 Å². The van der Waals surface area contributed by atoms with Crippen LogP contribution in [0.3, 0.4) is 0 Å². The first kappa shape index (κ1) is 15.3. The maximum atomic E-state index is 5.92. The van der Waals surface area contributed by atoms with Crippen molar-refractivity contribution in [1.82, 2.24) is 10.2 Å². The summed E-state index contributed by atoms with van der Waals surface area (Å²) in [4.78, 5) is 3.86. The molecule has 19 heavy (non-hydrogen) atoms. The summed E-state index contributed by atoms with van der Waals surface area (Å²) in [6.07, 6.45) is 5.59. The average molecular weight is 301 g/mol. The van der Waals surface area contributed by atoms with E-state index in [0.717, 1.165) is 35.9 Å². The van der Waals surface area contributed by atoms with Crippen molar-refractivity contribution in [2.75, 3.05) is 20.1 Å². The van der Waals surface area contributed by atoms with E-state index in [0.29, 0.717) is 0 Å². The van der Waals surface area contributed by atoms with Gasteiger partial charge in [0.15, 0.2) is 0 Å². The van der Waals surface area contributed by atoms with E-state index in [4.69, 9.17) is 11.6 Å². The fourth-order valence-corrected chi connectivity index (χ4v) is 4.09. The molecule has 1 aromatic rings. The molecule has 1 aliphatic rings. The summed E-state index contributed by atoms with van der Waals surface area (Å²) in [6, 6.07) is 4.86. The minimum atomic E-state index is 0.784. The van der Waals surface area contributed by atoms with E-state index in [1.165, 1.54) is 30.6 Å². The summed E-state index contributed by atoms with van der Waals surface area (Å²) < 4.78 is 0.880. The first-order chi connectivity index (χ1) is 9.16. The van der Waals surface area contributed by atoms with Crippen molar-refractivity contribution in [2.24, 2.45) is 5.92 Å². The quantitative estimate of drug-likeness (QED) is 0.799. The maximum absolute atomic E-state index is 5.92. The van der Waals surface area contributed by atoms with Crippen molar-refractivity contribution in [3.63, 3.8) is 0 Å². The van der Waals surface area contributed by atoms with Gasteiger partial charge in [-0.05, 0) is 37.9 Å². The standard InChI is InChI=1S/C15H25ClN2S/c1-12-5-3-4-6-14(12)18(2)10-9-17-11-13-7-8-15(16)19-13/h7-8,12,14,17H,3-6,9-11H2,1-2H3. The molecular weight excluding hydrogens is 276 g/mol. The molecule has 0 radical (unpaired) electrons. The molecular formula is C15H25ClN2S. The minimum absolute atomic E-state index is 0.784. The molecule has 2 atom stereocenters. The fraction of sp³-hybridized carbons (Fsp3) is 0.733. The average Bonchev–Trinajstić information content (AvgIpc) is 2.81. The van der Waals surface area contributed by atoms with E-state index in [2.05, 4.69) is 30.3 Å². The van der Waals surface area contributed by atoms with Crippen LogP contribution < -0.4 is 5.32 Å². The molecule has 1 aliphatic carbocycles. The van der Waals surface area contributed by atoms with Crippen LogP contribution >= 0.6 is 22.9 Å². The highest BCUT2D eigenvalue weighted by Gasteiger charge is 2.24. The third-order valence-corrected chi connectivity index (χ3v) is 5.43. The summed E-state index contributed by atoms with van der Waals surface area (Å²) in [5.74, 6) is 0.856. The topological polar surface area (TPSA) is 15.3 Å². The molecule has 108 valence electrons. The zero-order valence-corrected chi connectivity index (χ0v) is 13.6. The minimum Gasteiger partial charge on any atom is -0.311 e. The molecule has 0 bridgehead atoms. The summed E-state index contributed by atoms with van der Waals surface area (Å²) >= 11 is 7.59. The lowest BCUT2D eigenvalue weighted by Gasteiger charge is -2.36. The maximum Gasteiger partial charge on any atom is 0.0931 e.